The highest BCUT2D eigenvalue weighted by Gasteiger charge is 2.28. The number of hydrogen-bond donors (Lipinski definition) is 5. The Morgan fingerprint density at radius 1 is 0.905 bits per heavy atom. The summed E-state index contributed by atoms with van der Waals surface area (Å²) in [4.78, 5) is 49.8. The van der Waals surface area contributed by atoms with Crippen LogP contribution in [0, 0.1) is 0 Å². The van der Waals surface area contributed by atoms with Gasteiger partial charge in [-0.15, -0.1) is 0 Å². The summed E-state index contributed by atoms with van der Waals surface area (Å²) < 4.78 is 33.9. The summed E-state index contributed by atoms with van der Waals surface area (Å²) in [7, 11) is -9.52. The third kappa shape index (κ3) is 9.95. The van der Waals surface area contributed by atoms with E-state index in [2.05, 4.69) is 16.0 Å². The van der Waals surface area contributed by atoms with E-state index in [1.54, 1.807) is 18.2 Å². The van der Waals surface area contributed by atoms with Gasteiger partial charge >= 0.3 is 15.6 Å². The van der Waals surface area contributed by atoms with Crippen molar-refractivity contribution >= 4 is 44.8 Å². The fourth-order valence-corrected chi connectivity index (χ4v) is 5.99. The average Bonchev–Trinajstić information content (AvgIpc) is 3.19. The zero-order valence-electron chi connectivity index (χ0n) is 22.9. The lowest BCUT2D eigenvalue weighted by Crippen LogP contribution is -2.16. The lowest BCUT2D eigenvalue weighted by molar-refractivity contribution is 0.0999. The number of primary amides is 1. The van der Waals surface area contributed by atoms with Crippen molar-refractivity contribution in [2.24, 2.45) is 5.73 Å². The summed E-state index contributed by atoms with van der Waals surface area (Å²) in [6.07, 6.45) is 4.39. The summed E-state index contributed by atoms with van der Waals surface area (Å²) in [6, 6.07) is 11.6. The first-order valence-electron chi connectivity index (χ1n) is 13.2. The third-order valence-electron chi connectivity index (χ3n) is 6.53. The van der Waals surface area contributed by atoms with Gasteiger partial charge in [-0.25, -0.2) is 9.13 Å². The van der Waals surface area contributed by atoms with Gasteiger partial charge < -0.3 is 24.6 Å². The summed E-state index contributed by atoms with van der Waals surface area (Å²) in [5.41, 5.74) is 9.68. The molecule has 0 aliphatic heterocycles. The van der Waals surface area contributed by atoms with Gasteiger partial charge in [0.2, 0.25) is 0 Å². The number of aryl methyl sites for hydroxylation is 1. The molecule has 0 radical (unpaired) electrons. The van der Waals surface area contributed by atoms with Gasteiger partial charge in [0.25, 0.3) is 5.91 Å². The number of aromatic nitrogens is 1. The van der Waals surface area contributed by atoms with Crippen LogP contribution in [0.4, 0.5) is 0 Å². The van der Waals surface area contributed by atoms with Crippen LogP contribution in [0.25, 0.3) is 11.1 Å². The SMILES string of the molecule is CCCCCc1c(-c2ccc(OP(=O)(O)O)c(Cl)c2)c(C(N)=O)c(CCc2ccc(Cl)cc2)n1CCCOP(=O)(O)O. The molecule has 1 amide bonds. The van der Waals surface area contributed by atoms with E-state index in [1.165, 1.54) is 12.1 Å². The lowest BCUT2D eigenvalue weighted by Gasteiger charge is -2.16. The van der Waals surface area contributed by atoms with Gasteiger partial charge in [0.1, 0.15) is 5.75 Å². The summed E-state index contributed by atoms with van der Waals surface area (Å²) >= 11 is 12.4. The number of nitrogens with two attached hydrogens (primary N) is 1. The predicted molar refractivity (Wildman–Crippen MR) is 161 cm³/mol. The van der Waals surface area contributed by atoms with Gasteiger partial charge in [-0.3, -0.25) is 19.1 Å². The smallest absolute Gasteiger partial charge is 0.403 e. The number of phosphoric acid groups is 2. The molecule has 0 aliphatic rings. The molecule has 0 fully saturated rings. The Kier molecular flexibility index (Phi) is 12.3. The van der Waals surface area contributed by atoms with Gasteiger partial charge in [0.05, 0.1) is 17.2 Å². The Balaban J connectivity index is 2.17. The second-order valence-corrected chi connectivity index (χ2v) is 12.9. The largest absolute Gasteiger partial charge is 0.524 e. The van der Waals surface area contributed by atoms with Crippen LogP contribution in [-0.2, 0) is 39.5 Å². The van der Waals surface area contributed by atoms with Crippen molar-refractivity contribution < 1.29 is 42.5 Å². The average molecular weight is 663 g/mol. The normalized spacial score (nSPS) is 12.1. The molecule has 2 aromatic carbocycles. The van der Waals surface area contributed by atoms with Crippen LogP contribution < -0.4 is 10.3 Å². The molecule has 1 aromatic heterocycles. The molecule has 0 spiro atoms. The number of carbonyl (C=O) groups is 1. The van der Waals surface area contributed by atoms with E-state index < -0.39 is 21.6 Å². The van der Waals surface area contributed by atoms with Crippen molar-refractivity contribution in [2.45, 2.75) is 58.4 Å². The number of phosphoric ester groups is 2. The second kappa shape index (κ2) is 15.0. The predicted octanol–water partition coefficient (Wildman–Crippen LogP) is 6.05. The zero-order chi connectivity index (χ0) is 31.1. The molecule has 3 aromatic rings. The number of carbonyl (C=O) groups excluding carboxylic acids is 1. The molecule has 3 rings (SSSR count). The van der Waals surface area contributed by atoms with Crippen LogP contribution in [-0.4, -0.2) is 36.7 Å². The summed E-state index contributed by atoms with van der Waals surface area (Å²) in [6.45, 7) is 2.13. The number of rotatable bonds is 16. The number of nitrogens with zero attached hydrogens (tertiary/aromatic N) is 1. The van der Waals surface area contributed by atoms with Gasteiger partial charge in [-0.1, -0.05) is 61.2 Å². The number of unbranched alkanes of at least 4 members (excludes halogenated alkanes) is 2. The van der Waals surface area contributed by atoms with Crippen molar-refractivity contribution in [1.82, 2.24) is 4.57 Å². The molecule has 0 atom stereocenters. The van der Waals surface area contributed by atoms with E-state index in [9.17, 15) is 23.7 Å². The molecule has 1 heterocycles. The van der Waals surface area contributed by atoms with Gasteiger partial charge in [-0.05, 0) is 67.5 Å². The van der Waals surface area contributed by atoms with Crippen LogP contribution in [0.3, 0.4) is 0 Å². The van der Waals surface area contributed by atoms with Crippen LogP contribution in [0.1, 0.15) is 59.9 Å². The van der Waals surface area contributed by atoms with Crippen molar-refractivity contribution in [1.29, 1.82) is 0 Å². The first-order valence-corrected chi connectivity index (χ1v) is 17.1. The fourth-order valence-electron chi connectivity index (χ4n) is 4.81. The minimum atomic E-state index is -4.87. The van der Waals surface area contributed by atoms with Crippen LogP contribution in [0.5, 0.6) is 5.75 Å². The highest BCUT2D eigenvalue weighted by molar-refractivity contribution is 7.46. The maximum Gasteiger partial charge on any atom is 0.524 e. The molecule has 0 bridgehead atoms. The van der Waals surface area contributed by atoms with E-state index in [0.29, 0.717) is 41.1 Å². The van der Waals surface area contributed by atoms with E-state index in [0.717, 1.165) is 30.5 Å². The van der Waals surface area contributed by atoms with Gasteiger partial charge in [0.15, 0.2) is 0 Å². The molecular weight excluding hydrogens is 629 g/mol. The molecule has 0 unspecified atom stereocenters. The fraction of sp³-hybridized carbons (Fsp3) is 0.370. The van der Waals surface area contributed by atoms with E-state index in [4.69, 9.17) is 38.7 Å². The Labute approximate surface area is 254 Å². The van der Waals surface area contributed by atoms with Crippen molar-refractivity contribution in [2.75, 3.05) is 6.61 Å². The molecule has 0 aliphatic carbocycles. The molecule has 0 saturated heterocycles. The Morgan fingerprint density at radius 3 is 2.17 bits per heavy atom. The van der Waals surface area contributed by atoms with E-state index in [-0.39, 0.29) is 35.9 Å². The highest BCUT2D eigenvalue weighted by Crippen LogP contribution is 2.43. The minimum absolute atomic E-state index is 0.0729. The standard InChI is InChI=1S/C27H34Cl2N2O9P2/c1-2-3-4-6-22-25(19-10-14-24(21(29)17-19)40-42(36,37)38)26(27(30)32)23(13-9-18-7-11-20(28)12-8-18)31(22)15-5-16-39-41(33,34)35/h7-8,10-12,14,17H,2-6,9,13,15-16H2,1H3,(H2,30,32)(H2,33,34,35)(H2,36,37,38). The Hall–Kier alpha value is -2.17. The first-order chi connectivity index (χ1) is 19.7. The van der Waals surface area contributed by atoms with Crippen molar-refractivity contribution in [3.63, 3.8) is 0 Å². The number of amides is 1. The maximum absolute atomic E-state index is 13.1. The monoisotopic (exact) mass is 662 g/mol. The third-order valence-corrected chi connectivity index (χ3v) is 8.03. The minimum Gasteiger partial charge on any atom is -0.403 e. The molecule has 11 nitrogen and oxygen atoms in total. The number of benzene rings is 2. The van der Waals surface area contributed by atoms with E-state index in [1.807, 2.05) is 16.7 Å². The summed E-state index contributed by atoms with van der Waals surface area (Å²) in [5, 5.41) is 0.518. The molecule has 42 heavy (non-hydrogen) atoms. The molecule has 230 valence electrons. The van der Waals surface area contributed by atoms with Crippen LogP contribution in [0.2, 0.25) is 10.0 Å². The van der Waals surface area contributed by atoms with Crippen LogP contribution >= 0.6 is 38.8 Å². The molecule has 6 N–H and O–H groups in total. The molecule has 0 saturated carbocycles. The van der Waals surface area contributed by atoms with Crippen molar-refractivity contribution in [3.8, 4) is 16.9 Å². The van der Waals surface area contributed by atoms with Crippen molar-refractivity contribution in [3.05, 3.63) is 75.0 Å². The zero-order valence-corrected chi connectivity index (χ0v) is 26.2. The molecule has 15 heteroatoms. The quantitative estimate of drug-likeness (QED) is 0.0900. The Bertz CT molecular complexity index is 1480. The topological polar surface area (TPSA) is 182 Å². The number of hydrogen-bond acceptors (Lipinski definition) is 5. The Morgan fingerprint density at radius 2 is 1.60 bits per heavy atom. The van der Waals surface area contributed by atoms with Gasteiger partial charge in [-0.2, -0.15) is 0 Å². The molecular formula is C27H34Cl2N2O9P2. The number of halogens is 2. The second-order valence-electron chi connectivity index (χ2n) is 9.65. The maximum atomic E-state index is 13.1. The van der Waals surface area contributed by atoms with Gasteiger partial charge in [0, 0.05) is 28.5 Å². The summed E-state index contributed by atoms with van der Waals surface area (Å²) in [5.74, 6) is -0.899. The highest BCUT2D eigenvalue weighted by atomic mass is 35.5. The lowest BCUT2D eigenvalue weighted by atomic mass is 9.96. The van der Waals surface area contributed by atoms with Crippen LogP contribution in [0.15, 0.2) is 42.5 Å². The van der Waals surface area contributed by atoms with E-state index >= 15 is 0 Å². The first kappa shape index (κ1) is 34.3.